The number of aliphatic carboxylic acids is 1. The molecule has 0 amide bonds. The van der Waals surface area contributed by atoms with Crippen molar-refractivity contribution in [3.63, 3.8) is 0 Å². The van der Waals surface area contributed by atoms with E-state index in [-0.39, 0.29) is 16.6 Å². The molecule has 1 aromatic heterocycles. The van der Waals surface area contributed by atoms with Gasteiger partial charge in [-0.05, 0) is 12.1 Å². The first kappa shape index (κ1) is 13.7. The van der Waals surface area contributed by atoms with E-state index in [1.54, 1.807) is 0 Å². The molecule has 0 aliphatic heterocycles. The molecule has 5 nitrogen and oxygen atoms in total. The summed E-state index contributed by atoms with van der Waals surface area (Å²) < 4.78 is 26.8. The third-order valence-electron chi connectivity index (χ3n) is 1.92. The number of rotatable bonds is 5. The lowest BCUT2D eigenvalue weighted by Crippen LogP contribution is -1.96. The number of nitrogens with one attached hydrogen (secondary N) is 1. The topological polar surface area (TPSA) is 75.1 Å². The maximum atomic E-state index is 13.4. The van der Waals surface area contributed by atoms with E-state index in [0.29, 0.717) is 4.34 Å². The summed E-state index contributed by atoms with van der Waals surface area (Å²) in [6, 6.07) is 3.74. The maximum absolute atomic E-state index is 13.4. The van der Waals surface area contributed by atoms with E-state index in [1.807, 2.05) is 0 Å². The molecule has 0 unspecified atom stereocenters. The van der Waals surface area contributed by atoms with Crippen molar-refractivity contribution >= 4 is 39.9 Å². The van der Waals surface area contributed by atoms with Gasteiger partial charge in [-0.3, -0.25) is 4.79 Å². The minimum Gasteiger partial charge on any atom is -0.481 e. The third kappa shape index (κ3) is 3.61. The van der Waals surface area contributed by atoms with Crippen molar-refractivity contribution in [3.05, 3.63) is 29.8 Å². The molecule has 2 aromatic rings. The van der Waals surface area contributed by atoms with Gasteiger partial charge in [0.15, 0.2) is 16.0 Å². The summed E-state index contributed by atoms with van der Waals surface area (Å²) in [5.41, 5.74) is -0.0501. The highest BCUT2D eigenvalue weighted by Gasteiger charge is 2.11. The molecule has 1 heterocycles. The Balaban J connectivity index is 2.07. The number of benzene rings is 1. The normalized spacial score (nSPS) is 10.4. The predicted octanol–water partition coefficient (Wildman–Crippen LogP) is 2.74. The predicted molar refractivity (Wildman–Crippen MR) is 67.9 cm³/mol. The largest absolute Gasteiger partial charge is 0.481 e. The number of carboxylic acids is 1. The fourth-order valence-electron chi connectivity index (χ4n) is 1.16. The number of halogens is 2. The van der Waals surface area contributed by atoms with Crippen molar-refractivity contribution in [2.75, 3.05) is 11.1 Å². The van der Waals surface area contributed by atoms with Gasteiger partial charge in [-0.2, -0.15) is 0 Å². The minimum atomic E-state index is -1.00. The van der Waals surface area contributed by atoms with Gasteiger partial charge < -0.3 is 10.4 Å². The molecular weight excluding hydrogens is 296 g/mol. The zero-order chi connectivity index (χ0) is 13.8. The van der Waals surface area contributed by atoms with Gasteiger partial charge in [0.25, 0.3) is 0 Å². The van der Waals surface area contributed by atoms with Crippen LogP contribution >= 0.6 is 23.1 Å². The van der Waals surface area contributed by atoms with E-state index in [4.69, 9.17) is 5.11 Å². The van der Waals surface area contributed by atoms with Gasteiger partial charge in [-0.25, -0.2) is 8.78 Å². The smallest absolute Gasteiger partial charge is 0.313 e. The van der Waals surface area contributed by atoms with Crippen molar-refractivity contribution in [2.45, 2.75) is 4.34 Å². The second kappa shape index (κ2) is 5.93. The van der Waals surface area contributed by atoms with Gasteiger partial charge in [-0.15, -0.1) is 10.2 Å². The van der Waals surface area contributed by atoms with E-state index in [1.165, 1.54) is 12.1 Å². The number of thioether (sulfide) groups is 1. The summed E-state index contributed by atoms with van der Waals surface area (Å²) in [6.45, 7) is 0. The van der Waals surface area contributed by atoms with Crippen molar-refractivity contribution < 1.29 is 18.7 Å². The Hall–Kier alpha value is -1.74. The number of anilines is 2. The first-order valence-electron chi connectivity index (χ1n) is 4.95. The molecule has 0 spiro atoms. The van der Waals surface area contributed by atoms with Crippen LogP contribution in [0.5, 0.6) is 0 Å². The molecule has 2 N–H and O–H groups in total. The van der Waals surface area contributed by atoms with Crippen LogP contribution in [0.15, 0.2) is 22.5 Å². The lowest BCUT2D eigenvalue weighted by atomic mass is 10.3. The molecule has 2 rings (SSSR count). The van der Waals surface area contributed by atoms with Gasteiger partial charge in [0, 0.05) is 0 Å². The number of carbonyl (C=O) groups is 1. The standard InChI is InChI=1S/C10H7F2N3O2S2/c11-5-2-1-3-6(8(5)12)13-9-14-15-10(19-9)18-4-7(16)17/h1-3H,4H2,(H,13,14)(H,16,17). The van der Waals surface area contributed by atoms with Crippen molar-refractivity contribution in [1.29, 1.82) is 0 Å². The first-order valence-corrected chi connectivity index (χ1v) is 6.75. The number of aromatic nitrogens is 2. The second-order valence-corrected chi connectivity index (χ2v) is 5.48. The van der Waals surface area contributed by atoms with E-state index in [0.717, 1.165) is 29.2 Å². The lowest BCUT2D eigenvalue weighted by molar-refractivity contribution is -0.133. The highest BCUT2D eigenvalue weighted by molar-refractivity contribution is 8.01. The minimum absolute atomic E-state index is 0.0501. The summed E-state index contributed by atoms with van der Waals surface area (Å²) in [6.07, 6.45) is 0. The average Bonchev–Trinajstić information content (AvgIpc) is 2.80. The first-order chi connectivity index (χ1) is 9.06. The van der Waals surface area contributed by atoms with Crippen LogP contribution < -0.4 is 5.32 Å². The molecule has 0 saturated heterocycles. The van der Waals surface area contributed by atoms with Gasteiger partial charge >= 0.3 is 5.97 Å². The molecule has 0 aliphatic rings. The van der Waals surface area contributed by atoms with Crippen molar-refractivity contribution in [3.8, 4) is 0 Å². The quantitative estimate of drug-likeness (QED) is 0.827. The molecule has 0 fully saturated rings. The lowest BCUT2D eigenvalue weighted by Gasteiger charge is -2.03. The maximum Gasteiger partial charge on any atom is 0.313 e. The molecule has 0 radical (unpaired) electrons. The molecule has 19 heavy (non-hydrogen) atoms. The number of carboxylic acid groups (broad SMARTS) is 1. The Morgan fingerprint density at radius 3 is 2.95 bits per heavy atom. The molecule has 1 aromatic carbocycles. The Morgan fingerprint density at radius 1 is 1.42 bits per heavy atom. The Bertz CT molecular complexity index is 606. The monoisotopic (exact) mass is 303 g/mol. The van der Waals surface area contributed by atoms with Crippen LogP contribution in [0.1, 0.15) is 0 Å². The number of nitrogens with zero attached hydrogens (tertiary/aromatic N) is 2. The van der Waals surface area contributed by atoms with Gasteiger partial charge in [-0.1, -0.05) is 29.2 Å². The van der Waals surface area contributed by atoms with Crippen LogP contribution in [0, 0.1) is 11.6 Å². The van der Waals surface area contributed by atoms with Crippen LogP contribution in [0.3, 0.4) is 0 Å². The summed E-state index contributed by atoms with van der Waals surface area (Å²) >= 11 is 2.07. The van der Waals surface area contributed by atoms with Crippen LogP contribution in [0.25, 0.3) is 0 Å². The summed E-state index contributed by atoms with van der Waals surface area (Å²) in [7, 11) is 0. The van der Waals surface area contributed by atoms with Crippen LogP contribution in [0.4, 0.5) is 19.6 Å². The SMILES string of the molecule is O=C(O)CSc1nnc(Nc2cccc(F)c2F)s1. The van der Waals surface area contributed by atoms with Crippen molar-refractivity contribution in [1.82, 2.24) is 10.2 Å². The molecule has 9 heteroatoms. The zero-order valence-electron chi connectivity index (χ0n) is 9.26. The zero-order valence-corrected chi connectivity index (χ0v) is 10.9. The highest BCUT2D eigenvalue weighted by atomic mass is 32.2. The second-order valence-electron chi connectivity index (χ2n) is 3.28. The Morgan fingerprint density at radius 2 is 2.21 bits per heavy atom. The third-order valence-corrected chi connectivity index (χ3v) is 3.88. The summed E-state index contributed by atoms with van der Waals surface area (Å²) in [4.78, 5) is 10.4. The van der Waals surface area contributed by atoms with Crippen LogP contribution in [-0.4, -0.2) is 27.0 Å². The molecule has 0 saturated carbocycles. The number of hydrogen-bond donors (Lipinski definition) is 2. The van der Waals surface area contributed by atoms with Crippen LogP contribution in [0.2, 0.25) is 0 Å². The molecular formula is C10H7F2N3O2S2. The molecule has 100 valence electrons. The van der Waals surface area contributed by atoms with Crippen molar-refractivity contribution in [2.24, 2.45) is 0 Å². The van der Waals surface area contributed by atoms with E-state index >= 15 is 0 Å². The Kier molecular flexibility index (Phi) is 4.27. The van der Waals surface area contributed by atoms with E-state index < -0.39 is 17.6 Å². The van der Waals surface area contributed by atoms with E-state index in [2.05, 4.69) is 15.5 Å². The fourth-order valence-corrected chi connectivity index (χ4v) is 2.64. The van der Waals surface area contributed by atoms with Crippen LogP contribution in [-0.2, 0) is 4.79 Å². The summed E-state index contributed by atoms with van der Waals surface area (Å²) in [5, 5.41) is 18.8. The summed E-state index contributed by atoms with van der Waals surface area (Å²) in [5.74, 6) is -3.07. The van der Waals surface area contributed by atoms with Gasteiger partial charge in [0.05, 0.1) is 11.4 Å². The average molecular weight is 303 g/mol. The Labute approximate surface area is 114 Å². The van der Waals surface area contributed by atoms with Gasteiger partial charge in [0.1, 0.15) is 0 Å². The van der Waals surface area contributed by atoms with E-state index in [9.17, 15) is 13.6 Å². The molecule has 0 bridgehead atoms. The van der Waals surface area contributed by atoms with Gasteiger partial charge in [0.2, 0.25) is 5.13 Å². The molecule has 0 atom stereocenters. The molecule has 0 aliphatic carbocycles. The fraction of sp³-hybridized carbons (Fsp3) is 0.100. The highest BCUT2D eigenvalue weighted by Crippen LogP contribution is 2.28. The number of hydrogen-bond acceptors (Lipinski definition) is 6.